The van der Waals surface area contributed by atoms with Gasteiger partial charge in [0.05, 0.1) is 0 Å². The van der Waals surface area contributed by atoms with Gasteiger partial charge in [-0.2, -0.15) is 0 Å². The van der Waals surface area contributed by atoms with E-state index >= 15 is 0 Å². The standard InChI is InChI=1S/C17H22N.4C16H20N/c1-13(2)11-15-9-10-18(4)17(12-15)16-8-6-5-7-14(16)3;2*1-5-14-10-16(17(4)11-13(14)3)15-9-7-6-8-12(15)2;2*1-5-14-11-17(4)16(10-13(14)3)15-9-7-6-8-12(15)2/h5-10,12-13H,11H2,1-4H3;4*6-11H,5H2,1-4H3/q5*+1/i11D2;2*3D3,5D2;5D2;. The molecule has 5 heterocycles. The fraction of sp³-hybridized carbons (Fsp3) is 0.321. The molecule has 446 valence electrons. The third kappa shape index (κ3) is 17.5. The van der Waals surface area contributed by atoms with Crippen LogP contribution in [0.4, 0.5) is 0 Å². The molecule has 0 amide bonds. The summed E-state index contributed by atoms with van der Waals surface area (Å²) in [6, 6.07) is 52.1. The summed E-state index contributed by atoms with van der Waals surface area (Å²) < 4.78 is 120. The number of rotatable bonds is 11. The molecule has 0 bridgehead atoms. The Bertz CT molecular complexity index is 4370. The SMILES string of the molecule is CCc1c[n+](C)c(-c2ccccc2C)cc1C.[2H]C([2H])(C)c1c[n+](C)c(-c2ccccc2C)cc1C.[2H]C([2H])([2H])c1c[n+](C)c(-c2ccccc2C)cc1C([2H])([2H])C.[2H]C([2H])([2H])c1c[n+](C)c(-c2ccccc2C)cc1C([2H])([2H])C.[2H]C([2H])(c1cc[n+](C)c(-c2ccccc2C)c1)C(C)C. The summed E-state index contributed by atoms with van der Waals surface area (Å²) in [6.45, 7) is 20.2. The molecule has 0 unspecified atom stereocenters. The number of hydrogen-bond acceptors (Lipinski definition) is 0. The first-order valence-corrected chi connectivity index (χ1v) is 29.7. The molecule has 5 aromatic carbocycles. The van der Waals surface area contributed by atoms with Gasteiger partial charge in [-0.15, -0.1) is 0 Å². The average Bonchev–Trinajstić information content (AvgIpc) is 0.786. The molecule has 5 heteroatoms. The van der Waals surface area contributed by atoms with Crippen LogP contribution in [-0.4, -0.2) is 0 Å². The molecule has 0 aliphatic carbocycles. The summed E-state index contributed by atoms with van der Waals surface area (Å²) in [6.07, 6.45) is 4.14. The summed E-state index contributed by atoms with van der Waals surface area (Å²) in [5.41, 5.74) is 22.3. The Morgan fingerprint density at radius 3 is 0.953 bits per heavy atom. The van der Waals surface area contributed by atoms with Crippen LogP contribution in [0.3, 0.4) is 0 Å². The second kappa shape index (κ2) is 31.8. The van der Waals surface area contributed by atoms with Crippen molar-refractivity contribution in [3.05, 3.63) is 267 Å². The minimum atomic E-state index is -2.35. The van der Waals surface area contributed by atoms with Crippen molar-refractivity contribution in [2.24, 2.45) is 41.2 Å². The van der Waals surface area contributed by atoms with E-state index in [0.717, 1.165) is 73.7 Å². The lowest BCUT2D eigenvalue weighted by atomic mass is 9.99. The van der Waals surface area contributed by atoms with Gasteiger partial charge in [-0.1, -0.05) is 133 Å². The fourth-order valence-electron chi connectivity index (χ4n) is 10.5. The lowest BCUT2D eigenvalue weighted by molar-refractivity contribution is -0.661. The number of pyridine rings is 5. The summed E-state index contributed by atoms with van der Waals surface area (Å²) in [5.74, 6) is -0.0556. The molecule has 0 saturated heterocycles. The fourth-order valence-corrected chi connectivity index (χ4v) is 10.5. The third-order valence-electron chi connectivity index (χ3n) is 15.5. The van der Waals surface area contributed by atoms with Gasteiger partial charge in [0.2, 0.25) is 28.5 Å². The van der Waals surface area contributed by atoms with Gasteiger partial charge in [0, 0.05) is 106 Å². The lowest BCUT2D eigenvalue weighted by Gasteiger charge is -2.08. The van der Waals surface area contributed by atoms with Crippen LogP contribution in [0.25, 0.3) is 56.3 Å². The van der Waals surface area contributed by atoms with Crippen molar-refractivity contribution in [3.63, 3.8) is 0 Å². The first-order chi connectivity index (χ1) is 46.3. The zero-order chi connectivity index (χ0) is 74.9. The van der Waals surface area contributed by atoms with Crippen LogP contribution < -0.4 is 22.8 Å². The molecule has 0 saturated carbocycles. The van der Waals surface area contributed by atoms with Crippen LogP contribution in [0.15, 0.2) is 189 Å². The van der Waals surface area contributed by atoms with Gasteiger partial charge < -0.3 is 0 Å². The maximum absolute atomic E-state index is 8.26. The Hall–Kier alpha value is -8.15. The van der Waals surface area contributed by atoms with Crippen molar-refractivity contribution in [3.8, 4) is 56.3 Å². The maximum Gasteiger partial charge on any atom is 0.212 e. The van der Waals surface area contributed by atoms with Gasteiger partial charge in [0.15, 0.2) is 31.0 Å². The van der Waals surface area contributed by atoms with Gasteiger partial charge >= 0.3 is 0 Å². The Morgan fingerprint density at radius 2 is 0.640 bits per heavy atom. The van der Waals surface area contributed by atoms with E-state index in [9.17, 15) is 0 Å². The molecule has 0 N–H and O–H groups in total. The molecular weight excluding hydrogens is 1040 g/mol. The molecular formula is C81H102N5+5. The van der Waals surface area contributed by atoms with Crippen molar-refractivity contribution >= 4 is 0 Å². The van der Waals surface area contributed by atoms with Crippen LogP contribution in [0.1, 0.15) is 139 Å². The van der Waals surface area contributed by atoms with Crippen molar-refractivity contribution in [1.29, 1.82) is 0 Å². The van der Waals surface area contributed by atoms with Crippen LogP contribution in [-0.2, 0) is 67.2 Å². The smallest absolute Gasteiger partial charge is 0.201 e. The Labute approximate surface area is 539 Å². The topological polar surface area (TPSA) is 19.4 Å². The molecule has 10 aromatic rings. The molecule has 0 atom stereocenters. The van der Waals surface area contributed by atoms with Crippen molar-refractivity contribution in [1.82, 2.24) is 0 Å². The van der Waals surface area contributed by atoms with Gasteiger partial charge in [0.25, 0.3) is 0 Å². The van der Waals surface area contributed by atoms with E-state index in [1.165, 1.54) is 70.9 Å². The minimum Gasteiger partial charge on any atom is -0.201 e. The van der Waals surface area contributed by atoms with Gasteiger partial charge in [0.1, 0.15) is 35.2 Å². The number of aromatic nitrogens is 5. The number of benzene rings is 5. The van der Waals surface area contributed by atoms with Gasteiger partial charge in [-0.05, 0) is 186 Å². The third-order valence-corrected chi connectivity index (χ3v) is 15.5. The Balaban J connectivity index is 0.000000197. The summed E-state index contributed by atoms with van der Waals surface area (Å²) in [4.78, 5) is 0. The van der Waals surface area contributed by atoms with E-state index in [1.54, 1.807) is 42.3 Å². The van der Waals surface area contributed by atoms with Gasteiger partial charge in [-0.3, -0.25) is 0 Å². The first kappa shape index (κ1) is 49.0. The van der Waals surface area contributed by atoms with E-state index in [0.29, 0.717) is 0 Å². The zero-order valence-electron chi connectivity index (χ0n) is 68.4. The van der Waals surface area contributed by atoms with Crippen LogP contribution in [0.2, 0.25) is 0 Å². The van der Waals surface area contributed by atoms with E-state index in [-0.39, 0.29) is 28.2 Å². The molecule has 10 rings (SSSR count). The van der Waals surface area contributed by atoms with E-state index in [2.05, 4.69) is 113 Å². The molecule has 5 nitrogen and oxygen atoms in total. The molecule has 0 spiro atoms. The van der Waals surface area contributed by atoms with E-state index in [1.807, 2.05) is 155 Å². The monoisotopic (exact) mass is 1160 g/mol. The zero-order valence-corrected chi connectivity index (χ0v) is 54.4. The molecule has 0 radical (unpaired) electrons. The number of aryl methyl sites for hydroxylation is 18. The van der Waals surface area contributed by atoms with Crippen molar-refractivity contribution in [2.75, 3.05) is 0 Å². The lowest BCUT2D eigenvalue weighted by Crippen LogP contribution is -2.32. The number of hydrogen-bond donors (Lipinski definition) is 0. The van der Waals surface area contributed by atoms with Crippen LogP contribution in [0.5, 0.6) is 0 Å². The predicted molar refractivity (Wildman–Crippen MR) is 364 cm³/mol. The number of nitrogens with zero attached hydrogens (tertiary/aromatic N) is 5. The molecule has 5 aromatic heterocycles. The van der Waals surface area contributed by atoms with Crippen LogP contribution >= 0.6 is 0 Å². The largest absolute Gasteiger partial charge is 0.212 e. The molecule has 86 heavy (non-hydrogen) atoms. The Morgan fingerprint density at radius 1 is 0.337 bits per heavy atom. The van der Waals surface area contributed by atoms with E-state index in [4.69, 9.17) is 19.2 Å². The highest BCUT2D eigenvalue weighted by atomic mass is 14.9. The highest BCUT2D eigenvalue weighted by molar-refractivity contribution is 5.65. The summed E-state index contributed by atoms with van der Waals surface area (Å²) in [5, 5.41) is 0. The van der Waals surface area contributed by atoms with Crippen molar-refractivity contribution < 1.29 is 42.0 Å². The second-order valence-electron chi connectivity index (χ2n) is 22.4. The first-order valence-electron chi connectivity index (χ1n) is 36.7. The molecule has 0 aliphatic heterocycles. The van der Waals surface area contributed by atoms with Gasteiger partial charge in [-0.25, -0.2) is 22.8 Å². The maximum atomic E-state index is 8.26. The van der Waals surface area contributed by atoms with E-state index < -0.39 is 39.2 Å². The summed E-state index contributed by atoms with van der Waals surface area (Å²) >= 11 is 0. The Kier molecular flexibility index (Phi) is 18.1. The average molecular weight is 1160 g/mol. The quantitative estimate of drug-likeness (QED) is 0.115. The van der Waals surface area contributed by atoms with Crippen molar-refractivity contribution in [2.45, 2.75) is 136 Å². The predicted octanol–water partition coefficient (Wildman–Crippen LogP) is 17.1. The molecule has 0 aliphatic rings. The normalized spacial score (nSPS) is 14.0. The van der Waals surface area contributed by atoms with Crippen LogP contribution in [0, 0.1) is 68.1 Å². The highest BCUT2D eigenvalue weighted by Gasteiger charge is 2.19. The summed E-state index contributed by atoms with van der Waals surface area (Å²) in [7, 11) is 9.66. The highest BCUT2D eigenvalue weighted by Crippen LogP contribution is 2.27. The molecule has 0 fully saturated rings. The second-order valence-corrected chi connectivity index (χ2v) is 22.4. The minimum absolute atomic E-state index is 0.0554.